The first-order valence-corrected chi connectivity index (χ1v) is 9.85. The van der Waals surface area contributed by atoms with E-state index >= 15 is 0 Å². The lowest BCUT2D eigenvalue weighted by atomic mass is 10.0. The number of rotatable bonds is 7. The molecule has 4 rings (SSSR count). The summed E-state index contributed by atoms with van der Waals surface area (Å²) in [5.74, 6) is -0.548. The van der Waals surface area contributed by atoms with Crippen LogP contribution in [0.5, 0.6) is 0 Å². The lowest BCUT2D eigenvalue weighted by Crippen LogP contribution is -2.36. The van der Waals surface area contributed by atoms with Gasteiger partial charge in [0, 0.05) is 35.3 Å². The van der Waals surface area contributed by atoms with Crippen LogP contribution in [0.3, 0.4) is 0 Å². The standard InChI is InChI=1S/C23H25N3O3/c27-14-18(12-17-13-24-21-4-2-1-3-19(17)21)25-22-9-7-16-11-15(5-8-20(16)22)6-10-23(28)26-29/h1-6,8,10-11,13,18,22,24-25,27,29H,7,9,12,14H2,(H,26,28)/b10-6+/t18-,22+/m1/s1. The number of carbonyl (C=O) groups is 1. The van der Waals surface area contributed by atoms with Crippen LogP contribution in [-0.4, -0.2) is 33.9 Å². The average molecular weight is 391 g/mol. The van der Waals surface area contributed by atoms with E-state index in [4.69, 9.17) is 5.21 Å². The van der Waals surface area contributed by atoms with E-state index in [0.717, 1.165) is 30.3 Å². The molecule has 1 aliphatic carbocycles. The number of aliphatic hydroxyl groups excluding tert-OH is 1. The van der Waals surface area contributed by atoms with E-state index in [9.17, 15) is 9.90 Å². The van der Waals surface area contributed by atoms with Crippen LogP contribution in [0, 0.1) is 0 Å². The van der Waals surface area contributed by atoms with Crippen molar-refractivity contribution in [2.75, 3.05) is 6.61 Å². The number of nitrogens with one attached hydrogen (secondary N) is 3. The van der Waals surface area contributed by atoms with Crippen molar-refractivity contribution in [2.24, 2.45) is 0 Å². The van der Waals surface area contributed by atoms with Crippen molar-refractivity contribution in [1.29, 1.82) is 0 Å². The second-order valence-corrected chi connectivity index (χ2v) is 7.47. The Balaban J connectivity index is 1.46. The summed E-state index contributed by atoms with van der Waals surface area (Å²) in [7, 11) is 0. The summed E-state index contributed by atoms with van der Waals surface area (Å²) in [4.78, 5) is 14.5. The largest absolute Gasteiger partial charge is 0.395 e. The molecule has 0 aliphatic heterocycles. The third-order valence-corrected chi connectivity index (χ3v) is 5.58. The first kappa shape index (κ1) is 19.4. The Kier molecular flexibility index (Phi) is 5.76. The highest BCUT2D eigenvalue weighted by Crippen LogP contribution is 2.33. The zero-order valence-electron chi connectivity index (χ0n) is 16.1. The molecule has 0 unspecified atom stereocenters. The maximum atomic E-state index is 11.2. The molecule has 2 atom stereocenters. The number of aromatic nitrogens is 1. The van der Waals surface area contributed by atoms with E-state index in [1.165, 1.54) is 28.2 Å². The molecule has 0 saturated carbocycles. The predicted octanol–water partition coefficient (Wildman–Crippen LogP) is 2.87. The molecule has 1 aromatic heterocycles. The van der Waals surface area contributed by atoms with Crippen molar-refractivity contribution in [1.82, 2.24) is 15.8 Å². The molecule has 2 aromatic carbocycles. The molecule has 0 spiro atoms. The van der Waals surface area contributed by atoms with Crippen LogP contribution in [0.25, 0.3) is 17.0 Å². The Morgan fingerprint density at radius 1 is 1.28 bits per heavy atom. The molecule has 0 bridgehead atoms. The van der Waals surface area contributed by atoms with Gasteiger partial charge in [0.15, 0.2) is 0 Å². The van der Waals surface area contributed by atoms with Gasteiger partial charge >= 0.3 is 0 Å². The molecular formula is C23H25N3O3. The number of H-pyrrole nitrogens is 1. The SMILES string of the molecule is O=C(/C=C/c1ccc2c(c1)CC[C@@H]2N[C@@H](CO)Cc1c[nH]c2ccccc12)NO. The van der Waals surface area contributed by atoms with Gasteiger partial charge in [0.25, 0.3) is 5.91 Å². The van der Waals surface area contributed by atoms with Gasteiger partial charge in [-0.1, -0.05) is 36.4 Å². The summed E-state index contributed by atoms with van der Waals surface area (Å²) >= 11 is 0. The summed E-state index contributed by atoms with van der Waals surface area (Å²) < 4.78 is 0. The van der Waals surface area contributed by atoms with E-state index in [1.807, 2.05) is 24.4 Å². The van der Waals surface area contributed by atoms with Crippen molar-refractivity contribution >= 4 is 22.9 Å². The van der Waals surface area contributed by atoms with Gasteiger partial charge in [-0.25, -0.2) is 5.48 Å². The van der Waals surface area contributed by atoms with Crippen molar-refractivity contribution in [3.05, 3.63) is 77.0 Å². The maximum Gasteiger partial charge on any atom is 0.267 e. The molecule has 1 aliphatic rings. The van der Waals surface area contributed by atoms with Crippen LogP contribution in [0.4, 0.5) is 0 Å². The van der Waals surface area contributed by atoms with Gasteiger partial charge in [-0.3, -0.25) is 10.0 Å². The first-order chi connectivity index (χ1) is 14.2. The predicted molar refractivity (Wildman–Crippen MR) is 112 cm³/mol. The monoisotopic (exact) mass is 391 g/mol. The summed E-state index contributed by atoms with van der Waals surface area (Å²) in [6.07, 6.45) is 7.69. The highest BCUT2D eigenvalue weighted by Gasteiger charge is 2.25. The second-order valence-electron chi connectivity index (χ2n) is 7.47. The van der Waals surface area contributed by atoms with E-state index in [2.05, 4.69) is 34.6 Å². The van der Waals surface area contributed by atoms with E-state index in [0.29, 0.717) is 0 Å². The number of amides is 1. The number of aromatic amines is 1. The molecule has 29 heavy (non-hydrogen) atoms. The van der Waals surface area contributed by atoms with Gasteiger partial charge in [-0.15, -0.1) is 0 Å². The van der Waals surface area contributed by atoms with Crippen LogP contribution in [-0.2, 0) is 17.6 Å². The third kappa shape index (κ3) is 4.24. The molecule has 0 radical (unpaired) electrons. The molecule has 0 fully saturated rings. The smallest absolute Gasteiger partial charge is 0.267 e. The molecule has 3 aromatic rings. The molecule has 0 saturated heterocycles. The minimum absolute atomic E-state index is 0.0296. The number of hydroxylamine groups is 1. The lowest BCUT2D eigenvalue weighted by molar-refractivity contribution is -0.124. The summed E-state index contributed by atoms with van der Waals surface area (Å²) in [6.45, 7) is 0.0719. The number of hydrogen-bond acceptors (Lipinski definition) is 4. The van der Waals surface area contributed by atoms with Crippen molar-refractivity contribution in [3.63, 3.8) is 0 Å². The Morgan fingerprint density at radius 3 is 2.97 bits per heavy atom. The minimum atomic E-state index is -0.548. The average Bonchev–Trinajstić information content (AvgIpc) is 3.35. The highest BCUT2D eigenvalue weighted by molar-refractivity contribution is 5.90. The fourth-order valence-corrected chi connectivity index (χ4v) is 4.15. The quantitative estimate of drug-likeness (QED) is 0.243. The summed E-state index contributed by atoms with van der Waals surface area (Å²) in [6, 6.07) is 14.5. The number of benzene rings is 2. The second kappa shape index (κ2) is 8.61. The van der Waals surface area contributed by atoms with E-state index in [1.54, 1.807) is 11.6 Å². The number of aryl methyl sites for hydroxylation is 1. The number of para-hydroxylation sites is 1. The van der Waals surface area contributed by atoms with Crippen LogP contribution in [0.1, 0.15) is 34.7 Å². The lowest BCUT2D eigenvalue weighted by Gasteiger charge is -2.22. The Hall–Kier alpha value is -2.93. The zero-order valence-corrected chi connectivity index (χ0v) is 16.1. The van der Waals surface area contributed by atoms with E-state index in [-0.39, 0.29) is 18.7 Å². The molecule has 5 N–H and O–H groups in total. The fourth-order valence-electron chi connectivity index (χ4n) is 4.15. The molecule has 6 nitrogen and oxygen atoms in total. The minimum Gasteiger partial charge on any atom is -0.395 e. The topological polar surface area (TPSA) is 97.4 Å². The molecular weight excluding hydrogens is 366 g/mol. The summed E-state index contributed by atoms with van der Waals surface area (Å²) in [5, 5.41) is 23.4. The van der Waals surface area contributed by atoms with Gasteiger partial charge in [0.1, 0.15) is 0 Å². The van der Waals surface area contributed by atoms with Gasteiger partial charge in [-0.05, 0) is 53.7 Å². The van der Waals surface area contributed by atoms with E-state index < -0.39 is 5.91 Å². The molecule has 150 valence electrons. The zero-order chi connectivity index (χ0) is 20.2. The Labute approximate surface area is 169 Å². The molecule has 1 amide bonds. The van der Waals surface area contributed by atoms with Crippen molar-refractivity contribution in [2.45, 2.75) is 31.3 Å². The number of hydrogen-bond donors (Lipinski definition) is 5. The number of carbonyl (C=O) groups excluding carboxylic acids is 1. The van der Waals surface area contributed by atoms with Crippen LogP contribution >= 0.6 is 0 Å². The van der Waals surface area contributed by atoms with Crippen molar-refractivity contribution < 1.29 is 15.1 Å². The molecule has 1 heterocycles. The number of fused-ring (bicyclic) bond motifs is 2. The maximum absolute atomic E-state index is 11.2. The molecule has 6 heteroatoms. The van der Waals surface area contributed by atoms with Gasteiger partial charge < -0.3 is 15.4 Å². The van der Waals surface area contributed by atoms with Gasteiger partial charge in [-0.2, -0.15) is 0 Å². The van der Waals surface area contributed by atoms with Gasteiger partial charge in [0.05, 0.1) is 6.61 Å². The van der Waals surface area contributed by atoms with Crippen LogP contribution in [0.2, 0.25) is 0 Å². The fraction of sp³-hybridized carbons (Fsp3) is 0.261. The highest BCUT2D eigenvalue weighted by atomic mass is 16.5. The Morgan fingerprint density at radius 2 is 2.14 bits per heavy atom. The normalized spacial score (nSPS) is 17.0. The van der Waals surface area contributed by atoms with Gasteiger partial charge in [0.2, 0.25) is 0 Å². The van der Waals surface area contributed by atoms with Crippen LogP contribution in [0.15, 0.2) is 54.7 Å². The number of aliphatic hydroxyl groups is 1. The first-order valence-electron chi connectivity index (χ1n) is 9.85. The van der Waals surface area contributed by atoms with Crippen LogP contribution < -0.4 is 10.8 Å². The van der Waals surface area contributed by atoms with Crippen molar-refractivity contribution in [3.8, 4) is 0 Å². The summed E-state index contributed by atoms with van der Waals surface area (Å²) in [5.41, 5.74) is 7.32. The third-order valence-electron chi connectivity index (χ3n) is 5.58. The Bertz CT molecular complexity index is 1040.